The molecular weight excluding hydrogens is 276 g/mol. The van der Waals surface area contributed by atoms with E-state index in [2.05, 4.69) is 35.7 Å². The Morgan fingerprint density at radius 2 is 1.95 bits per heavy atom. The molecule has 0 radical (unpaired) electrons. The highest BCUT2D eigenvalue weighted by atomic mass is 32.2. The number of hydrogen-bond donors (Lipinski definition) is 1. The molecular formula is C18H26N2S. The van der Waals surface area contributed by atoms with E-state index in [1.54, 1.807) is 0 Å². The molecule has 114 valence electrons. The van der Waals surface area contributed by atoms with Crippen LogP contribution >= 0.6 is 11.8 Å². The first-order valence-electron chi connectivity index (χ1n) is 7.95. The van der Waals surface area contributed by atoms with Crippen LogP contribution in [0.15, 0.2) is 29.2 Å². The summed E-state index contributed by atoms with van der Waals surface area (Å²) in [5.41, 5.74) is 1.21. The highest BCUT2D eigenvalue weighted by Gasteiger charge is 2.19. The minimum atomic E-state index is -0.166. The van der Waals surface area contributed by atoms with Crippen molar-refractivity contribution in [1.82, 2.24) is 5.32 Å². The summed E-state index contributed by atoms with van der Waals surface area (Å²) in [6.07, 6.45) is 6.00. The van der Waals surface area contributed by atoms with E-state index in [1.165, 1.54) is 29.7 Å². The molecule has 0 spiro atoms. The molecule has 1 aromatic carbocycles. The van der Waals surface area contributed by atoms with E-state index in [0.717, 1.165) is 31.2 Å². The fourth-order valence-electron chi connectivity index (χ4n) is 2.17. The SMILES string of the molecule is CC(C)(C#N)CCCCSc1ccc(CNC2CC2)cc1. The Balaban J connectivity index is 1.61. The van der Waals surface area contributed by atoms with E-state index < -0.39 is 0 Å². The smallest absolute Gasteiger partial charge is 0.0683 e. The standard InChI is InChI=1S/C18H26N2S/c1-18(2,14-19)11-3-4-12-21-17-9-5-15(6-10-17)13-20-16-7-8-16/h5-6,9-10,16,20H,3-4,7-8,11-13H2,1-2H3. The van der Waals surface area contributed by atoms with Gasteiger partial charge in [-0.25, -0.2) is 0 Å². The van der Waals surface area contributed by atoms with Crippen molar-refractivity contribution in [2.24, 2.45) is 5.41 Å². The molecule has 0 amide bonds. The van der Waals surface area contributed by atoms with E-state index in [-0.39, 0.29) is 5.41 Å². The van der Waals surface area contributed by atoms with Crippen LogP contribution in [-0.2, 0) is 6.54 Å². The first kappa shape index (κ1) is 16.4. The zero-order valence-electron chi connectivity index (χ0n) is 13.2. The Bertz CT molecular complexity index is 469. The molecule has 1 fully saturated rings. The van der Waals surface area contributed by atoms with Crippen LogP contribution in [0.5, 0.6) is 0 Å². The van der Waals surface area contributed by atoms with Gasteiger partial charge in [0.15, 0.2) is 0 Å². The highest BCUT2D eigenvalue weighted by Crippen LogP contribution is 2.25. The summed E-state index contributed by atoms with van der Waals surface area (Å²) in [5.74, 6) is 1.14. The number of nitriles is 1. The van der Waals surface area contributed by atoms with Gasteiger partial charge in [-0.1, -0.05) is 18.6 Å². The maximum absolute atomic E-state index is 8.98. The van der Waals surface area contributed by atoms with Crippen LogP contribution in [0.1, 0.15) is 51.5 Å². The Morgan fingerprint density at radius 1 is 1.24 bits per heavy atom. The van der Waals surface area contributed by atoms with Crippen molar-refractivity contribution >= 4 is 11.8 Å². The van der Waals surface area contributed by atoms with Crippen molar-refractivity contribution in [1.29, 1.82) is 5.26 Å². The summed E-state index contributed by atoms with van der Waals surface area (Å²) in [5, 5.41) is 12.5. The number of benzene rings is 1. The Morgan fingerprint density at radius 3 is 2.57 bits per heavy atom. The van der Waals surface area contributed by atoms with Crippen molar-refractivity contribution in [2.75, 3.05) is 5.75 Å². The van der Waals surface area contributed by atoms with Gasteiger partial charge in [-0.2, -0.15) is 5.26 Å². The van der Waals surface area contributed by atoms with Gasteiger partial charge in [-0.05, 0) is 63.0 Å². The maximum Gasteiger partial charge on any atom is 0.0683 e. The molecule has 0 bridgehead atoms. The topological polar surface area (TPSA) is 35.8 Å². The number of nitrogens with zero attached hydrogens (tertiary/aromatic N) is 1. The minimum absolute atomic E-state index is 0.166. The Labute approximate surface area is 133 Å². The average Bonchev–Trinajstić information content (AvgIpc) is 3.30. The van der Waals surface area contributed by atoms with Gasteiger partial charge >= 0.3 is 0 Å². The number of hydrogen-bond acceptors (Lipinski definition) is 3. The fraction of sp³-hybridized carbons (Fsp3) is 0.611. The molecule has 0 atom stereocenters. The predicted octanol–water partition coefficient (Wildman–Crippen LogP) is 4.75. The molecule has 1 aliphatic rings. The van der Waals surface area contributed by atoms with E-state index in [0.29, 0.717) is 0 Å². The summed E-state index contributed by atoms with van der Waals surface area (Å²) < 4.78 is 0. The third kappa shape index (κ3) is 6.54. The second-order valence-electron chi connectivity index (χ2n) is 6.60. The summed E-state index contributed by atoms with van der Waals surface area (Å²) in [6, 6.07) is 12.1. The molecule has 0 heterocycles. The van der Waals surface area contributed by atoms with Gasteiger partial charge < -0.3 is 5.32 Å². The zero-order valence-corrected chi connectivity index (χ0v) is 14.0. The van der Waals surface area contributed by atoms with Crippen molar-refractivity contribution in [2.45, 2.75) is 63.4 Å². The maximum atomic E-state index is 8.98. The quantitative estimate of drug-likeness (QED) is 0.528. The number of thioether (sulfide) groups is 1. The molecule has 0 aliphatic heterocycles. The fourth-order valence-corrected chi connectivity index (χ4v) is 3.08. The van der Waals surface area contributed by atoms with Crippen molar-refractivity contribution in [3.8, 4) is 6.07 Å². The molecule has 21 heavy (non-hydrogen) atoms. The second kappa shape index (κ2) is 7.87. The van der Waals surface area contributed by atoms with Gasteiger partial charge in [0.1, 0.15) is 0 Å². The lowest BCUT2D eigenvalue weighted by molar-refractivity contribution is 0.433. The average molecular weight is 302 g/mol. The van der Waals surface area contributed by atoms with Crippen molar-refractivity contribution in [3.63, 3.8) is 0 Å². The summed E-state index contributed by atoms with van der Waals surface area (Å²) in [4.78, 5) is 1.35. The number of nitrogens with one attached hydrogen (secondary N) is 1. The molecule has 1 saturated carbocycles. The van der Waals surface area contributed by atoms with E-state index >= 15 is 0 Å². The molecule has 2 nitrogen and oxygen atoms in total. The molecule has 0 unspecified atom stereocenters. The summed E-state index contributed by atoms with van der Waals surface area (Å²) in [7, 11) is 0. The van der Waals surface area contributed by atoms with Crippen LogP contribution in [0.2, 0.25) is 0 Å². The first-order valence-corrected chi connectivity index (χ1v) is 8.94. The monoisotopic (exact) mass is 302 g/mol. The van der Waals surface area contributed by atoms with E-state index in [4.69, 9.17) is 5.26 Å². The second-order valence-corrected chi connectivity index (χ2v) is 7.77. The largest absolute Gasteiger partial charge is 0.310 e. The van der Waals surface area contributed by atoms with Crippen molar-refractivity contribution in [3.05, 3.63) is 29.8 Å². The molecule has 1 aliphatic carbocycles. The normalized spacial score (nSPS) is 14.9. The van der Waals surface area contributed by atoms with Gasteiger partial charge in [-0.15, -0.1) is 11.8 Å². The predicted molar refractivity (Wildman–Crippen MR) is 90.3 cm³/mol. The minimum Gasteiger partial charge on any atom is -0.310 e. The van der Waals surface area contributed by atoms with Gasteiger partial charge in [0.25, 0.3) is 0 Å². The lowest BCUT2D eigenvalue weighted by Gasteiger charge is -2.14. The van der Waals surface area contributed by atoms with Gasteiger partial charge in [0.2, 0.25) is 0 Å². The number of unbranched alkanes of at least 4 members (excludes halogenated alkanes) is 1. The van der Waals surface area contributed by atoms with Crippen LogP contribution in [0.4, 0.5) is 0 Å². The first-order chi connectivity index (χ1) is 10.1. The lowest BCUT2D eigenvalue weighted by atomic mass is 9.89. The highest BCUT2D eigenvalue weighted by molar-refractivity contribution is 7.99. The third-order valence-electron chi connectivity index (χ3n) is 3.86. The Hall–Kier alpha value is -0.980. The van der Waals surface area contributed by atoms with Crippen LogP contribution < -0.4 is 5.32 Å². The van der Waals surface area contributed by atoms with Crippen LogP contribution in [0.25, 0.3) is 0 Å². The molecule has 0 saturated heterocycles. The van der Waals surface area contributed by atoms with Crippen LogP contribution in [0, 0.1) is 16.7 Å². The Kier molecular flexibility index (Phi) is 6.14. The number of rotatable bonds is 9. The van der Waals surface area contributed by atoms with Gasteiger partial charge in [0, 0.05) is 17.5 Å². The molecule has 1 N–H and O–H groups in total. The van der Waals surface area contributed by atoms with E-state index in [1.807, 2.05) is 25.6 Å². The summed E-state index contributed by atoms with van der Waals surface area (Å²) in [6.45, 7) is 5.04. The molecule has 1 aromatic rings. The molecule has 3 heteroatoms. The summed E-state index contributed by atoms with van der Waals surface area (Å²) >= 11 is 1.92. The van der Waals surface area contributed by atoms with Crippen LogP contribution in [-0.4, -0.2) is 11.8 Å². The van der Waals surface area contributed by atoms with Crippen LogP contribution in [0.3, 0.4) is 0 Å². The molecule has 0 aromatic heterocycles. The third-order valence-corrected chi connectivity index (χ3v) is 4.96. The van der Waals surface area contributed by atoms with E-state index in [9.17, 15) is 0 Å². The van der Waals surface area contributed by atoms with Gasteiger partial charge in [-0.3, -0.25) is 0 Å². The zero-order chi connectivity index (χ0) is 15.1. The lowest BCUT2D eigenvalue weighted by Crippen LogP contribution is -2.14. The van der Waals surface area contributed by atoms with Crippen molar-refractivity contribution < 1.29 is 0 Å². The molecule has 2 rings (SSSR count). The van der Waals surface area contributed by atoms with Gasteiger partial charge in [0.05, 0.1) is 11.5 Å².